The van der Waals surface area contributed by atoms with Crippen LogP contribution in [0, 0.1) is 28.6 Å². The van der Waals surface area contributed by atoms with Gasteiger partial charge in [0.15, 0.2) is 11.4 Å². The van der Waals surface area contributed by atoms with Crippen molar-refractivity contribution in [1.29, 1.82) is 0 Å². The lowest BCUT2D eigenvalue weighted by molar-refractivity contribution is -0.135. The Morgan fingerprint density at radius 3 is 2.79 bits per heavy atom. The van der Waals surface area contributed by atoms with Crippen LogP contribution in [0.2, 0.25) is 0 Å². The molecule has 3 saturated carbocycles. The van der Waals surface area contributed by atoms with E-state index in [1.165, 1.54) is 12.0 Å². The second-order valence-electron chi connectivity index (χ2n) is 9.75. The van der Waals surface area contributed by atoms with Gasteiger partial charge in [-0.05, 0) is 75.0 Å². The van der Waals surface area contributed by atoms with Crippen molar-refractivity contribution in [3.05, 3.63) is 11.6 Å². The highest BCUT2D eigenvalue weighted by molar-refractivity contribution is 5.90. The fourth-order valence-corrected chi connectivity index (χ4v) is 7.71. The van der Waals surface area contributed by atoms with E-state index in [0.29, 0.717) is 11.8 Å². The third kappa shape index (κ3) is 1.60. The summed E-state index contributed by atoms with van der Waals surface area (Å²) in [5.41, 5.74) is 1.39. The lowest BCUT2D eigenvalue weighted by Crippen LogP contribution is -2.54. The minimum atomic E-state index is -0.448. The van der Waals surface area contributed by atoms with Crippen LogP contribution in [0.4, 0.5) is 0 Å². The van der Waals surface area contributed by atoms with Crippen LogP contribution in [0.5, 0.6) is 0 Å². The Balaban J connectivity index is 1.51. The fraction of sp³-hybridized carbons (Fsp3) is 0.857. The molecule has 0 radical (unpaired) electrons. The highest BCUT2D eigenvalue weighted by Gasteiger charge is 2.79. The van der Waals surface area contributed by atoms with Crippen LogP contribution < -0.4 is 0 Å². The first-order valence-electron chi connectivity index (χ1n) is 9.89. The molecule has 1 heterocycles. The summed E-state index contributed by atoms with van der Waals surface area (Å²) in [6.07, 6.45) is 10.0. The largest absolute Gasteiger partial charge is 0.393 e. The maximum absolute atomic E-state index is 12.4. The first-order valence-corrected chi connectivity index (χ1v) is 9.89. The number of allylic oxidation sites excluding steroid dienone is 1. The molecule has 0 bridgehead atoms. The number of fused-ring (bicyclic) bond motifs is 7. The van der Waals surface area contributed by atoms with Gasteiger partial charge in [-0.15, -0.1) is 0 Å². The van der Waals surface area contributed by atoms with E-state index < -0.39 is 5.60 Å². The first-order chi connectivity index (χ1) is 11.3. The minimum Gasteiger partial charge on any atom is -0.393 e. The van der Waals surface area contributed by atoms with E-state index in [2.05, 4.69) is 19.9 Å². The third-order valence-electron chi connectivity index (χ3n) is 9.03. The van der Waals surface area contributed by atoms with Crippen molar-refractivity contribution < 1.29 is 14.6 Å². The highest BCUT2D eigenvalue weighted by atomic mass is 16.6. The van der Waals surface area contributed by atoms with Gasteiger partial charge in [0, 0.05) is 5.41 Å². The Morgan fingerprint density at radius 1 is 1.25 bits per heavy atom. The topological polar surface area (TPSA) is 49.8 Å². The lowest BCUT2D eigenvalue weighted by Gasteiger charge is -2.58. The molecule has 4 aliphatic carbocycles. The Morgan fingerprint density at radius 2 is 2.04 bits per heavy atom. The quantitative estimate of drug-likeness (QED) is 0.590. The molecule has 0 aromatic rings. The van der Waals surface area contributed by atoms with Crippen LogP contribution in [0.1, 0.15) is 65.7 Å². The first kappa shape index (κ1) is 15.6. The lowest BCUT2D eigenvalue weighted by atomic mass is 9.47. The Labute approximate surface area is 144 Å². The van der Waals surface area contributed by atoms with E-state index in [1.54, 1.807) is 6.92 Å². The van der Waals surface area contributed by atoms with Crippen molar-refractivity contribution in [1.82, 2.24) is 0 Å². The molecule has 132 valence electrons. The molecule has 0 spiro atoms. The summed E-state index contributed by atoms with van der Waals surface area (Å²) in [7, 11) is 0. The van der Waals surface area contributed by atoms with Gasteiger partial charge >= 0.3 is 0 Å². The zero-order valence-corrected chi connectivity index (χ0v) is 15.2. The molecule has 3 nitrogen and oxygen atoms in total. The Hall–Kier alpha value is -0.670. The van der Waals surface area contributed by atoms with Crippen LogP contribution >= 0.6 is 0 Å². The highest BCUT2D eigenvalue weighted by Crippen LogP contribution is 2.73. The van der Waals surface area contributed by atoms with Crippen LogP contribution in [-0.2, 0) is 9.53 Å². The van der Waals surface area contributed by atoms with Crippen molar-refractivity contribution in [2.75, 3.05) is 0 Å². The summed E-state index contributed by atoms with van der Waals surface area (Å²) in [6, 6.07) is 0. The van der Waals surface area contributed by atoms with E-state index in [0.717, 1.165) is 44.4 Å². The van der Waals surface area contributed by atoms with Gasteiger partial charge in [-0.2, -0.15) is 0 Å². The zero-order chi connectivity index (χ0) is 16.9. The van der Waals surface area contributed by atoms with E-state index in [9.17, 15) is 9.90 Å². The van der Waals surface area contributed by atoms with Crippen molar-refractivity contribution in [3.8, 4) is 0 Å². The van der Waals surface area contributed by atoms with E-state index >= 15 is 0 Å². The second-order valence-corrected chi connectivity index (χ2v) is 9.75. The summed E-state index contributed by atoms with van der Waals surface area (Å²) >= 11 is 0. The number of aliphatic hydroxyl groups is 1. The molecule has 1 N–H and O–H groups in total. The molecule has 1 saturated heterocycles. The van der Waals surface area contributed by atoms with Crippen LogP contribution in [0.3, 0.4) is 0 Å². The average Bonchev–Trinajstić information content (AvgIpc) is 3.21. The summed E-state index contributed by atoms with van der Waals surface area (Å²) in [6.45, 7) is 6.54. The van der Waals surface area contributed by atoms with Crippen LogP contribution in [-0.4, -0.2) is 28.7 Å². The normalized spacial score (nSPS) is 58.0. The standard InChI is InChI=1S/C21H30O3/c1-12(22)21-18(24-21)11-17-15-5-4-13-10-14(23)6-8-19(13,2)16(15)7-9-20(17,21)3/h4,14-18,23H,5-11H2,1-3H3/t14-,15+,16-,17-,18-,19-,20-,21-/m0/s1. The molecule has 8 atom stereocenters. The van der Waals surface area contributed by atoms with Gasteiger partial charge in [0.25, 0.3) is 0 Å². The van der Waals surface area contributed by atoms with Crippen LogP contribution in [0.25, 0.3) is 0 Å². The predicted octanol–water partition coefficient (Wildman–Crippen LogP) is 3.65. The van der Waals surface area contributed by atoms with Gasteiger partial charge in [-0.1, -0.05) is 25.5 Å². The zero-order valence-electron chi connectivity index (χ0n) is 15.2. The maximum atomic E-state index is 12.4. The van der Waals surface area contributed by atoms with E-state index in [4.69, 9.17) is 4.74 Å². The second kappa shape index (κ2) is 4.54. The number of ether oxygens (including phenoxy) is 1. The molecule has 4 fully saturated rings. The summed E-state index contributed by atoms with van der Waals surface area (Å²) < 4.78 is 6.00. The molecule has 24 heavy (non-hydrogen) atoms. The van der Waals surface area contributed by atoms with E-state index in [1.807, 2.05) is 0 Å². The van der Waals surface area contributed by atoms with Crippen LogP contribution in [0.15, 0.2) is 11.6 Å². The average molecular weight is 330 g/mol. The van der Waals surface area contributed by atoms with Gasteiger partial charge < -0.3 is 9.84 Å². The SMILES string of the molecule is CC(=O)[C@]12O[C@H]1C[C@H]1[C@@H]3CC=C4C[C@@H](O)CC[C@]4(C)[C@H]3CC[C@@]12C. The predicted molar refractivity (Wildman–Crippen MR) is 91.4 cm³/mol. The number of ketones is 1. The molecule has 0 aromatic heterocycles. The number of rotatable bonds is 1. The molecule has 5 aliphatic rings. The minimum absolute atomic E-state index is 0.0422. The van der Waals surface area contributed by atoms with Gasteiger partial charge in [-0.25, -0.2) is 0 Å². The molecule has 0 amide bonds. The third-order valence-corrected chi connectivity index (χ3v) is 9.03. The molecule has 3 heteroatoms. The molecule has 5 rings (SSSR count). The molecule has 0 unspecified atom stereocenters. The number of carbonyl (C=O) groups is 1. The Kier molecular flexibility index (Phi) is 2.94. The van der Waals surface area contributed by atoms with Crippen molar-refractivity contribution >= 4 is 5.78 Å². The maximum Gasteiger partial charge on any atom is 0.164 e. The molecular formula is C21H30O3. The van der Waals surface area contributed by atoms with Gasteiger partial charge in [0.05, 0.1) is 12.2 Å². The van der Waals surface area contributed by atoms with Gasteiger partial charge in [0.1, 0.15) is 0 Å². The monoisotopic (exact) mass is 330 g/mol. The molecule has 1 aliphatic heterocycles. The Bertz CT molecular complexity index is 639. The van der Waals surface area contributed by atoms with Crippen molar-refractivity contribution in [2.24, 2.45) is 28.6 Å². The molecular weight excluding hydrogens is 300 g/mol. The number of hydrogen-bond acceptors (Lipinski definition) is 3. The number of hydrogen-bond donors (Lipinski definition) is 1. The van der Waals surface area contributed by atoms with Gasteiger partial charge in [-0.3, -0.25) is 4.79 Å². The number of epoxide rings is 1. The summed E-state index contributed by atoms with van der Waals surface area (Å²) in [5.74, 6) is 2.31. The number of Topliss-reactive ketones (excluding diaryl/α,β-unsaturated/α-hetero) is 1. The van der Waals surface area contributed by atoms with E-state index in [-0.39, 0.29) is 28.8 Å². The van der Waals surface area contributed by atoms with Crippen molar-refractivity contribution in [2.45, 2.75) is 83.5 Å². The van der Waals surface area contributed by atoms with Gasteiger partial charge in [0.2, 0.25) is 0 Å². The fourth-order valence-electron chi connectivity index (χ4n) is 7.71. The smallest absolute Gasteiger partial charge is 0.164 e. The number of aliphatic hydroxyl groups excluding tert-OH is 1. The summed E-state index contributed by atoms with van der Waals surface area (Å²) in [4.78, 5) is 12.4. The number of carbonyl (C=O) groups excluding carboxylic acids is 1. The summed E-state index contributed by atoms with van der Waals surface area (Å²) in [5, 5.41) is 10.1. The molecule has 0 aromatic carbocycles. The van der Waals surface area contributed by atoms with Crippen molar-refractivity contribution in [3.63, 3.8) is 0 Å².